The maximum atomic E-state index is 11.6. The van der Waals surface area contributed by atoms with Crippen molar-refractivity contribution in [3.63, 3.8) is 0 Å². The predicted molar refractivity (Wildman–Crippen MR) is 101 cm³/mol. The van der Waals surface area contributed by atoms with Crippen molar-refractivity contribution in [2.24, 2.45) is 16.5 Å². The number of aliphatic imine (C=N–C) groups is 1. The second-order valence-electron chi connectivity index (χ2n) is 4.87. The van der Waals surface area contributed by atoms with Crippen molar-refractivity contribution < 1.29 is 14.3 Å². The number of aromatic nitrogens is 2. The van der Waals surface area contributed by atoms with E-state index in [1.165, 1.54) is 17.5 Å². The SMILES string of the molecule is Cl.NC(N)=NC(C(=O)O)c1nc(-c2ccc(Cl)s2)oc1-c1cccnc1. The van der Waals surface area contributed by atoms with Gasteiger partial charge in [0.05, 0.1) is 9.21 Å². The maximum absolute atomic E-state index is 11.6. The van der Waals surface area contributed by atoms with E-state index in [4.69, 9.17) is 27.5 Å². The van der Waals surface area contributed by atoms with Gasteiger partial charge in [-0.05, 0) is 24.3 Å². The van der Waals surface area contributed by atoms with Crippen molar-refractivity contribution >= 4 is 47.3 Å². The van der Waals surface area contributed by atoms with Crippen LogP contribution >= 0.6 is 35.3 Å². The molecular weight excluding hydrogens is 401 g/mol. The Balaban J connectivity index is 0.00000243. The van der Waals surface area contributed by atoms with Gasteiger partial charge in [0.15, 0.2) is 17.8 Å². The lowest BCUT2D eigenvalue weighted by Crippen LogP contribution is -2.26. The van der Waals surface area contributed by atoms with Crippen LogP contribution in [-0.4, -0.2) is 27.0 Å². The van der Waals surface area contributed by atoms with Gasteiger partial charge in [0, 0.05) is 18.0 Å². The summed E-state index contributed by atoms with van der Waals surface area (Å²) >= 11 is 7.20. The fourth-order valence-electron chi connectivity index (χ4n) is 2.14. The molecule has 3 rings (SSSR count). The fraction of sp³-hybridized carbons (Fsp3) is 0.0667. The number of rotatable bonds is 5. The van der Waals surface area contributed by atoms with Gasteiger partial charge in [-0.1, -0.05) is 11.6 Å². The summed E-state index contributed by atoms with van der Waals surface area (Å²) < 4.78 is 6.35. The van der Waals surface area contributed by atoms with Crippen LogP contribution < -0.4 is 11.5 Å². The van der Waals surface area contributed by atoms with Crippen LogP contribution in [0.15, 0.2) is 46.1 Å². The number of hydrogen-bond acceptors (Lipinski definition) is 6. The highest BCUT2D eigenvalue weighted by molar-refractivity contribution is 7.19. The van der Waals surface area contributed by atoms with Gasteiger partial charge in [-0.25, -0.2) is 14.8 Å². The van der Waals surface area contributed by atoms with Crippen LogP contribution in [0.1, 0.15) is 11.7 Å². The van der Waals surface area contributed by atoms with E-state index in [1.54, 1.807) is 30.5 Å². The summed E-state index contributed by atoms with van der Waals surface area (Å²) in [4.78, 5) is 24.4. The first-order chi connectivity index (χ1) is 12.0. The molecule has 26 heavy (non-hydrogen) atoms. The molecule has 0 aromatic carbocycles. The number of nitrogens with two attached hydrogens (primary N) is 2. The lowest BCUT2D eigenvalue weighted by molar-refractivity contribution is -0.138. The molecule has 136 valence electrons. The number of oxazole rings is 1. The molecule has 1 atom stereocenters. The standard InChI is InChI=1S/C15H12ClN5O3S.ClH/c16-9-4-3-8(25-9)13-20-10(11(14(22)23)21-15(17)18)12(24-13)7-2-1-5-19-6-7;/h1-6,11H,(H,22,23)(H4,17,18,21);1H. The Morgan fingerprint density at radius 2 is 2.12 bits per heavy atom. The minimum absolute atomic E-state index is 0. The first-order valence-electron chi connectivity index (χ1n) is 6.94. The van der Waals surface area contributed by atoms with Crippen LogP contribution in [-0.2, 0) is 4.79 Å². The second kappa shape index (κ2) is 8.17. The zero-order chi connectivity index (χ0) is 18.0. The third-order valence-electron chi connectivity index (χ3n) is 3.13. The Hall–Kier alpha value is -2.62. The first-order valence-corrected chi connectivity index (χ1v) is 8.13. The van der Waals surface area contributed by atoms with Crippen LogP contribution in [0, 0.1) is 0 Å². The average Bonchev–Trinajstić information content (AvgIpc) is 3.19. The lowest BCUT2D eigenvalue weighted by atomic mass is 10.1. The molecule has 0 amide bonds. The van der Waals surface area contributed by atoms with Crippen LogP contribution in [0.4, 0.5) is 0 Å². The highest BCUT2D eigenvalue weighted by atomic mass is 35.5. The number of nitrogens with zero attached hydrogens (tertiary/aromatic N) is 3. The van der Waals surface area contributed by atoms with Crippen molar-refractivity contribution in [3.05, 3.63) is 46.7 Å². The number of aliphatic carboxylic acids is 1. The summed E-state index contributed by atoms with van der Waals surface area (Å²) in [5, 5.41) is 9.50. The van der Waals surface area contributed by atoms with Crippen LogP contribution in [0.2, 0.25) is 4.34 Å². The number of hydrogen-bond donors (Lipinski definition) is 3. The smallest absolute Gasteiger partial charge is 0.335 e. The van der Waals surface area contributed by atoms with Gasteiger partial charge < -0.3 is 21.0 Å². The average molecular weight is 414 g/mol. The Kier molecular flexibility index (Phi) is 6.19. The molecule has 0 aliphatic heterocycles. The van der Waals surface area contributed by atoms with Gasteiger partial charge in [-0.3, -0.25) is 4.98 Å². The summed E-state index contributed by atoms with van der Waals surface area (Å²) in [6.07, 6.45) is 3.12. The minimum Gasteiger partial charge on any atom is -0.479 e. The number of guanidine groups is 1. The van der Waals surface area contributed by atoms with Gasteiger partial charge in [0.2, 0.25) is 5.89 Å². The van der Waals surface area contributed by atoms with E-state index in [0.29, 0.717) is 14.8 Å². The lowest BCUT2D eigenvalue weighted by Gasteiger charge is -2.06. The van der Waals surface area contributed by atoms with Crippen molar-refractivity contribution in [1.29, 1.82) is 0 Å². The van der Waals surface area contributed by atoms with Crippen molar-refractivity contribution in [1.82, 2.24) is 9.97 Å². The zero-order valence-electron chi connectivity index (χ0n) is 13.0. The Morgan fingerprint density at radius 3 is 2.65 bits per heavy atom. The van der Waals surface area contributed by atoms with E-state index < -0.39 is 12.0 Å². The summed E-state index contributed by atoms with van der Waals surface area (Å²) in [5.41, 5.74) is 11.3. The molecule has 3 heterocycles. The monoisotopic (exact) mass is 413 g/mol. The van der Waals surface area contributed by atoms with Gasteiger partial charge in [0.1, 0.15) is 5.69 Å². The molecule has 0 fully saturated rings. The summed E-state index contributed by atoms with van der Waals surface area (Å²) in [7, 11) is 0. The molecule has 0 aliphatic rings. The molecule has 5 N–H and O–H groups in total. The Morgan fingerprint density at radius 1 is 1.35 bits per heavy atom. The van der Waals surface area contributed by atoms with E-state index in [2.05, 4.69) is 15.0 Å². The van der Waals surface area contributed by atoms with Crippen molar-refractivity contribution in [3.8, 4) is 22.1 Å². The number of pyridine rings is 1. The van der Waals surface area contributed by atoms with Crippen LogP contribution in [0.25, 0.3) is 22.1 Å². The number of carboxylic acid groups (broad SMARTS) is 1. The Bertz CT molecular complexity index is 938. The molecule has 0 spiro atoms. The van der Waals surface area contributed by atoms with Crippen molar-refractivity contribution in [2.45, 2.75) is 6.04 Å². The third-order valence-corrected chi connectivity index (χ3v) is 4.35. The number of thiophene rings is 1. The quantitative estimate of drug-likeness (QED) is 0.431. The minimum atomic E-state index is -1.41. The summed E-state index contributed by atoms with van der Waals surface area (Å²) in [6, 6.07) is 5.43. The Labute approximate surface area is 163 Å². The van der Waals surface area contributed by atoms with Gasteiger partial charge in [0.25, 0.3) is 0 Å². The number of carboxylic acids is 1. The molecule has 0 radical (unpaired) electrons. The van der Waals surface area contributed by atoms with Gasteiger partial charge in [-0.15, -0.1) is 23.7 Å². The van der Waals surface area contributed by atoms with E-state index in [9.17, 15) is 9.90 Å². The fourth-order valence-corrected chi connectivity index (χ4v) is 3.11. The third kappa shape index (κ3) is 4.13. The molecular formula is C15H13Cl2N5O3S. The highest BCUT2D eigenvalue weighted by Gasteiger charge is 2.29. The van der Waals surface area contributed by atoms with E-state index >= 15 is 0 Å². The molecule has 11 heteroatoms. The van der Waals surface area contributed by atoms with Crippen molar-refractivity contribution in [2.75, 3.05) is 0 Å². The predicted octanol–water partition coefficient (Wildman–Crippen LogP) is 2.94. The molecule has 0 saturated carbocycles. The van der Waals surface area contributed by atoms with Crippen LogP contribution in [0.5, 0.6) is 0 Å². The van der Waals surface area contributed by atoms with E-state index in [-0.39, 0.29) is 35.7 Å². The molecule has 1 unspecified atom stereocenters. The highest BCUT2D eigenvalue weighted by Crippen LogP contribution is 2.37. The molecule has 8 nitrogen and oxygen atoms in total. The normalized spacial score (nSPS) is 11.4. The zero-order valence-corrected chi connectivity index (χ0v) is 15.4. The number of carbonyl (C=O) groups is 1. The second-order valence-corrected chi connectivity index (χ2v) is 6.59. The van der Waals surface area contributed by atoms with Gasteiger partial charge in [-0.2, -0.15) is 0 Å². The van der Waals surface area contributed by atoms with Crippen LogP contribution in [0.3, 0.4) is 0 Å². The van der Waals surface area contributed by atoms with Gasteiger partial charge >= 0.3 is 5.97 Å². The number of halogens is 2. The first kappa shape index (κ1) is 19.7. The largest absolute Gasteiger partial charge is 0.479 e. The topological polar surface area (TPSA) is 141 Å². The molecule has 0 bridgehead atoms. The molecule has 0 aliphatic carbocycles. The summed E-state index contributed by atoms with van der Waals surface area (Å²) in [5.74, 6) is -1.18. The molecule has 0 saturated heterocycles. The molecule has 3 aromatic rings. The maximum Gasteiger partial charge on any atom is 0.335 e. The van der Waals surface area contributed by atoms with E-state index in [0.717, 1.165) is 0 Å². The van der Waals surface area contributed by atoms with E-state index in [1.807, 2.05) is 0 Å². The summed E-state index contributed by atoms with van der Waals surface area (Å²) in [6.45, 7) is 0. The molecule has 3 aromatic heterocycles.